The van der Waals surface area contributed by atoms with Crippen LogP contribution >= 0.6 is 0 Å². The molecule has 0 spiro atoms. The van der Waals surface area contributed by atoms with Crippen molar-refractivity contribution in [2.75, 3.05) is 7.11 Å². The van der Waals surface area contributed by atoms with Crippen molar-refractivity contribution in [3.63, 3.8) is 0 Å². The number of carbonyl (C=O) groups is 4. The van der Waals surface area contributed by atoms with Crippen LogP contribution in [0.5, 0.6) is 0 Å². The first-order chi connectivity index (χ1) is 18.1. The van der Waals surface area contributed by atoms with Crippen LogP contribution in [0.3, 0.4) is 0 Å². The van der Waals surface area contributed by atoms with Crippen molar-refractivity contribution < 1.29 is 42.9 Å². The first-order valence-electron chi connectivity index (χ1n) is 13.7. The number of methoxy groups -OCH3 is 1. The summed E-state index contributed by atoms with van der Waals surface area (Å²) in [6, 6.07) is 0. The molecule has 0 aromatic heterocycles. The van der Waals surface area contributed by atoms with E-state index in [9.17, 15) is 19.2 Å². The van der Waals surface area contributed by atoms with E-state index in [-0.39, 0.29) is 29.0 Å². The fourth-order valence-corrected chi connectivity index (χ4v) is 7.48. The second-order valence-corrected chi connectivity index (χ2v) is 12.4. The Bertz CT molecular complexity index is 1140. The number of hydrogen-bond donors (Lipinski definition) is 0. The van der Waals surface area contributed by atoms with Crippen molar-refractivity contribution in [3.8, 4) is 0 Å². The highest BCUT2D eigenvalue weighted by Crippen LogP contribution is 2.68. The second kappa shape index (κ2) is 9.84. The van der Waals surface area contributed by atoms with Gasteiger partial charge in [-0.15, -0.1) is 0 Å². The SMILES string of the molecule is C/C=C(/C)C(=O)O[C@@H]1/C(C)=C/[C@@]23O[C@@]2(C[C@H](C)[C@@H]3OC(C)=O)C(=O)[C@H](C)[C@H](OC(C)=O)[C@@H]2[C@H](C1OC)C2(C)C. The van der Waals surface area contributed by atoms with Crippen LogP contribution in [0, 0.1) is 29.1 Å². The van der Waals surface area contributed by atoms with Gasteiger partial charge in [-0.05, 0) is 50.2 Å². The zero-order valence-corrected chi connectivity index (χ0v) is 24.7. The Morgan fingerprint density at radius 1 is 1.00 bits per heavy atom. The minimum Gasteiger partial charge on any atom is -0.461 e. The Kier molecular flexibility index (Phi) is 7.43. The third kappa shape index (κ3) is 4.46. The maximum atomic E-state index is 14.3. The van der Waals surface area contributed by atoms with E-state index in [2.05, 4.69) is 0 Å². The van der Waals surface area contributed by atoms with E-state index in [1.807, 2.05) is 27.7 Å². The number of esters is 3. The van der Waals surface area contributed by atoms with Gasteiger partial charge < -0.3 is 23.7 Å². The fraction of sp³-hybridized carbons (Fsp3) is 0.733. The molecule has 39 heavy (non-hydrogen) atoms. The summed E-state index contributed by atoms with van der Waals surface area (Å²) in [6.07, 6.45) is 0.965. The van der Waals surface area contributed by atoms with Gasteiger partial charge in [-0.2, -0.15) is 0 Å². The molecule has 3 aliphatic carbocycles. The monoisotopic (exact) mass is 546 g/mol. The largest absolute Gasteiger partial charge is 0.461 e. The Balaban J connectivity index is 1.92. The molecular weight excluding hydrogens is 504 g/mol. The van der Waals surface area contributed by atoms with Crippen molar-refractivity contribution in [1.29, 1.82) is 0 Å². The van der Waals surface area contributed by atoms with Gasteiger partial charge in [-0.25, -0.2) is 4.79 Å². The molecule has 3 fully saturated rings. The number of ketones is 1. The van der Waals surface area contributed by atoms with Gasteiger partial charge >= 0.3 is 17.9 Å². The minimum atomic E-state index is -1.25. The van der Waals surface area contributed by atoms with Gasteiger partial charge in [0.05, 0.1) is 5.92 Å². The number of fused-ring (bicyclic) bond motifs is 1. The van der Waals surface area contributed by atoms with Gasteiger partial charge in [-0.3, -0.25) is 14.4 Å². The highest BCUT2D eigenvalue weighted by atomic mass is 16.7. The summed E-state index contributed by atoms with van der Waals surface area (Å²) in [6.45, 7) is 15.7. The highest BCUT2D eigenvalue weighted by Gasteiger charge is 2.84. The number of Topliss-reactive ketones (excluding diaryl/α,β-unsaturated/α-hetero) is 1. The maximum Gasteiger partial charge on any atom is 0.334 e. The molecule has 0 aromatic rings. The molecule has 4 aliphatic rings. The molecule has 9 nitrogen and oxygen atoms in total. The molecule has 0 amide bonds. The molecule has 2 saturated carbocycles. The molecule has 1 unspecified atom stereocenters. The molecule has 0 N–H and O–H groups in total. The summed E-state index contributed by atoms with van der Waals surface area (Å²) in [5.41, 5.74) is -1.77. The van der Waals surface area contributed by atoms with Crippen molar-refractivity contribution in [2.24, 2.45) is 29.1 Å². The van der Waals surface area contributed by atoms with Gasteiger partial charge in [0, 0.05) is 38.4 Å². The van der Waals surface area contributed by atoms with E-state index in [1.165, 1.54) is 13.8 Å². The van der Waals surface area contributed by atoms with E-state index in [0.717, 1.165) is 0 Å². The van der Waals surface area contributed by atoms with Crippen LogP contribution in [-0.4, -0.2) is 66.4 Å². The first kappa shape index (κ1) is 29.5. The standard InChI is InChI=1S/C30H42O9/c1-11-14(2)27(34)38-22-15(3)12-30-26(37-19(7)32)16(4)13-29(30,39-30)25(33)17(5)23(36-18(6)31)20-21(24(22)35-10)28(20,8)9/h11-12,16-17,20-24,26H,13H2,1-10H3/b14-11-,15-12+/t16-,17+,20-,21+,22+,23-,24?,26-,29-,30-/m0/s1. The Hall–Kier alpha value is -2.52. The van der Waals surface area contributed by atoms with Crippen LogP contribution in [0.1, 0.15) is 68.7 Å². The molecule has 216 valence electrons. The number of carbonyl (C=O) groups excluding carboxylic acids is 4. The van der Waals surface area contributed by atoms with Crippen molar-refractivity contribution in [1.82, 2.24) is 0 Å². The van der Waals surface area contributed by atoms with Crippen LogP contribution in [-0.2, 0) is 42.9 Å². The van der Waals surface area contributed by atoms with E-state index >= 15 is 0 Å². The number of allylic oxidation sites excluding steroid dienone is 1. The second-order valence-electron chi connectivity index (χ2n) is 12.4. The Morgan fingerprint density at radius 3 is 2.13 bits per heavy atom. The zero-order valence-electron chi connectivity index (χ0n) is 24.7. The number of hydrogen-bond acceptors (Lipinski definition) is 9. The van der Waals surface area contributed by atoms with E-state index in [1.54, 1.807) is 40.0 Å². The minimum absolute atomic E-state index is 0.174. The Labute approximate surface area is 230 Å². The van der Waals surface area contributed by atoms with Crippen LogP contribution in [0.4, 0.5) is 0 Å². The summed E-state index contributed by atoms with van der Waals surface area (Å²) in [4.78, 5) is 51.7. The lowest BCUT2D eigenvalue weighted by molar-refractivity contribution is -0.154. The van der Waals surface area contributed by atoms with Crippen LogP contribution in [0.2, 0.25) is 0 Å². The number of epoxide rings is 1. The van der Waals surface area contributed by atoms with E-state index in [0.29, 0.717) is 17.6 Å². The number of rotatable bonds is 5. The first-order valence-corrected chi connectivity index (χ1v) is 13.7. The van der Waals surface area contributed by atoms with Gasteiger partial charge in [-0.1, -0.05) is 33.8 Å². The molecule has 1 saturated heterocycles. The summed E-state index contributed by atoms with van der Waals surface area (Å²) >= 11 is 0. The van der Waals surface area contributed by atoms with Crippen molar-refractivity contribution in [2.45, 2.75) is 104 Å². The van der Waals surface area contributed by atoms with Crippen LogP contribution in [0.15, 0.2) is 23.3 Å². The normalized spacial score (nSPS) is 43.9. The molecular formula is C30H42O9. The third-order valence-electron chi connectivity index (χ3n) is 9.54. The van der Waals surface area contributed by atoms with Gasteiger partial charge in [0.1, 0.15) is 24.4 Å². The molecule has 10 atom stereocenters. The average molecular weight is 547 g/mol. The van der Waals surface area contributed by atoms with Crippen LogP contribution in [0.25, 0.3) is 0 Å². The topological polar surface area (TPSA) is 118 Å². The van der Waals surface area contributed by atoms with Crippen molar-refractivity contribution >= 4 is 23.7 Å². The number of ether oxygens (including phenoxy) is 5. The lowest BCUT2D eigenvalue weighted by atomic mass is 9.80. The van der Waals surface area contributed by atoms with E-state index < -0.39 is 59.4 Å². The van der Waals surface area contributed by atoms with Gasteiger partial charge in [0.15, 0.2) is 17.0 Å². The molecule has 1 aliphatic heterocycles. The fourth-order valence-electron chi connectivity index (χ4n) is 7.48. The smallest absolute Gasteiger partial charge is 0.334 e. The molecule has 0 aromatic carbocycles. The molecule has 0 bridgehead atoms. The lowest BCUT2D eigenvalue weighted by Crippen LogP contribution is -2.43. The Morgan fingerprint density at radius 2 is 1.59 bits per heavy atom. The summed E-state index contributed by atoms with van der Waals surface area (Å²) in [5.74, 6) is -2.90. The molecule has 9 heteroatoms. The lowest BCUT2D eigenvalue weighted by Gasteiger charge is -2.30. The van der Waals surface area contributed by atoms with Crippen LogP contribution < -0.4 is 0 Å². The van der Waals surface area contributed by atoms with Crippen molar-refractivity contribution in [3.05, 3.63) is 23.3 Å². The predicted molar refractivity (Wildman–Crippen MR) is 140 cm³/mol. The quantitative estimate of drug-likeness (QED) is 0.167. The van der Waals surface area contributed by atoms with Gasteiger partial charge in [0.2, 0.25) is 0 Å². The summed E-state index contributed by atoms with van der Waals surface area (Å²) in [5, 5.41) is 0. The van der Waals surface area contributed by atoms with E-state index in [4.69, 9.17) is 23.7 Å². The van der Waals surface area contributed by atoms with Gasteiger partial charge in [0.25, 0.3) is 0 Å². The predicted octanol–water partition coefficient (Wildman–Crippen LogP) is 3.73. The molecule has 4 rings (SSSR count). The third-order valence-corrected chi connectivity index (χ3v) is 9.54. The molecule has 1 heterocycles. The summed E-state index contributed by atoms with van der Waals surface area (Å²) < 4.78 is 30.1. The maximum absolute atomic E-state index is 14.3. The summed E-state index contributed by atoms with van der Waals surface area (Å²) in [7, 11) is 1.57. The highest BCUT2D eigenvalue weighted by molar-refractivity contribution is 5.96. The molecule has 0 radical (unpaired) electrons. The average Bonchev–Trinajstić information content (AvgIpc) is 3.64. The zero-order chi connectivity index (χ0) is 29.2.